The van der Waals surface area contributed by atoms with Gasteiger partial charge in [-0.1, -0.05) is 31.2 Å². The number of nitrogens with zero attached hydrogens (tertiary/aromatic N) is 2. The van der Waals surface area contributed by atoms with Crippen molar-refractivity contribution in [2.75, 3.05) is 13.1 Å². The second kappa shape index (κ2) is 5.99. The van der Waals surface area contributed by atoms with Crippen molar-refractivity contribution in [3.63, 3.8) is 0 Å². The number of nitrogens with one attached hydrogen (secondary N) is 1. The molecule has 17 heavy (non-hydrogen) atoms. The first kappa shape index (κ1) is 11.6. The highest BCUT2D eigenvalue weighted by atomic mass is 15.1. The number of pyridine rings is 1. The van der Waals surface area contributed by atoms with Crippen LogP contribution in [-0.4, -0.2) is 23.9 Å². The quantitative estimate of drug-likeness (QED) is 0.813. The summed E-state index contributed by atoms with van der Waals surface area (Å²) in [5, 5.41) is 4.36. The van der Waals surface area contributed by atoms with Crippen LogP contribution in [0.15, 0.2) is 47.6 Å². The summed E-state index contributed by atoms with van der Waals surface area (Å²) in [5.74, 6) is 1.17. The van der Waals surface area contributed by atoms with Crippen molar-refractivity contribution < 1.29 is 0 Å². The molecule has 0 radical (unpaired) electrons. The molecular weight excluding hydrogens is 210 g/mol. The lowest BCUT2D eigenvalue weighted by molar-refractivity contribution is 0.951. The third-order valence-corrected chi connectivity index (χ3v) is 2.59. The van der Waals surface area contributed by atoms with E-state index < -0.39 is 0 Å². The van der Waals surface area contributed by atoms with Crippen LogP contribution in [0.25, 0.3) is 10.9 Å². The number of amidine groups is 1. The Morgan fingerprint density at radius 1 is 1.18 bits per heavy atom. The van der Waals surface area contributed by atoms with Crippen LogP contribution in [0, 0.1) is 0 Å². The number of aliphatic imine (C=N–C) groups is 1. The van der Waals surface area contributed by atoms with Gasteiger partial charge in [0.05, 0.1) is 17.9 Å². The smallest absolute Gasteiger partial charge is 0.0961 e. The topological polar surface area (TPSA) is 37.3 Å². The van der Waals surface area contributed by atoms with Gasteiger partial charge in [0.25, 0.3) is 0 Å². The zero-order valence-electron chi connectivity index (χ0n) is 10.1. The summed E-state index contributed by atoms with van der Waals surface area (Å²) in [6.45, 7) is 4.13. The summed E-state index contributed by atoms with van der Waals surface area (Å²) < 4.78 is 0. The van der Waals surface area contributed by atoms with Gasteiger partial charge in [-0.25, -0.2) is 0 Å². The van der Waals surface area contributed by atoms with Crippen molar-refractivity contribution in [1.29, 1.82) is 0 Å². The Morgan fingerprint density at radius 2 is 2.00 bits per heavy atom. The van der Waals surface area contributed by atoms with Crippen LogP contribution in [-0.2, 0) is 0 Å². The highest BCUT2D eigenvalue weighted by Gasteiger charge is 1.98. The Morgan fingerprint density at radius 3 is 2.65 bits per heavy atom. The highest BCUT2D eigenvalue weighted by molar-refractivity contribution is 5.83. The predicted molar refractivity (Wildman–Crippen MR) is 72.3 cm³/mol. The molecule has 0 atom stereocenters. The molecule has 1 aliphatic heterocycles. The molecular formula is C14H17N3. The van der Waals surface area contributed by atoms with Gasteiger partial charge in [-0.05, 0) is 12.1 Å². The Hall–Kier alpha value is -1.90. The van der Waals surface area contributed by atoms with Gasteiger partial charge in [0, 0.05) is 24.5 Å². The lowest BCUT2D eigenvalue weighted by atomic mass is 10.2. The molecule has 3 rings (SSSR count). The van der Waals surface area contributed by atoms with Gasteiger partial charge < -0.3 is 5.32 Å². The van der Waals surface area contributed by atoms with E-state index >= 15 is 0 Å². The number of para-hydroxylation sites is 1. The molecule has 0 fully saturated rings. The van der Waals surface area contributed by atoms with Crippen molar-refractivity contribution in [1.82, 2.24) is 10.3 Å². The van der Waals surface area contributed by atoms with Crippen LogP contribution < -0.4 is 5.32 Å². The molecule has 1 aliphatic rings. The van der Waals surface area contributed by atoms with E-state index in [-0.39, 0.29) is 0 Å². The maximum absolute atomic E-state index is 4.18. The monoisotopic (exact) mass is 227 g/mol. The SMILES string of the molecule is CCC1=NCCN1.c1ccc2ncccc2c1. The summed E-state index contributed by atoms with van der Waals surface area (Å²) in [6, 6.07) is 12.1. The van der Waals surface area contributed by atoms with Crippen LogP contribution in [0.2, 0.25) is 0 Å². The molecule has 88 valence electrons. The minimum atomic E-state index is 0.975. The average Bonchev–Trinajstić information content (AvgIpc) is 2.93. The fraction of sp³-hybridized carbons (Fsp3) is 0.286. The summed E-state index contributed by atoms with van der Waals surface area (Å²) in [7, 11) is 0. The van der Waals surface area contributed by atoms with Crippen molar-refractivity contribution in [2.24, 2.45) is 4.99 Å². The highest BCUT2D eigenvalue weighted by Crippen LogP contribution is 2.07. The normalized spacial score (nSPS) is 13.6. The number of hydrogen-bond acceptors (Lipinski definition) is 3. The molecule has 0 unspecified atom stereocenters. The Bertz CT molecular complexity index is 440. The van der Waals surface area contributed by atoms with E-state index in [4.69, 9.17) is 0 Å². The van der Waals surface area contributed by atoms with Crippen LogP contribution in [0.4, 0.5) is 0 Å². The van der Waals surface area contributed by atoms with Crippen LogP contribution >= 0.6 is 0 Å². The maximum Gasteiger partial charge on any atom is 0.0961 e. The van der Waals surface area contributed by atoms with Crippen LogP contribution in [0.3, 0.4) is 0 Å². The van der Waals surface area contributed by atoms with E-state index in [0.29, 0.717) is 0 Å². The Balaban J connectivity index is 0.000000136. The lowest BCUT2D eigenvalue weighted by Gasteiger charge is -1.91. The minimum Gasteiger partial charge on any atom is -0.372 e. The van der Waals surface area contributed by atoms with E-state index in [2.05, 4.69) is 34.3 Å². The molecule has 3 heteroatoms. The summed E-state index contributed by atoms with van der Waals surface area (Å²) >= 11 is 0. The minimum absolute atomic E-state index is 0.975. The average molecular weight is 227 g/mol. The predicted octanol–water partition coefficient (Wildman–Crippen LogP) is 2.63. The second-order valence-corrected chi connectivity index (χ2v) is 3.80. The van der Waals surface area contributed by atoms with Gasteiger partial charge in [-0.15, -0.1) is 0 Å². The van der Waals surface area contributed by atoms with Gasteiger partial charge in [0.1, 0.15) is 0 Å². The van der Waals surface area contributed by atoms with Crippen LogP contribution in [0.5, 0.6) is 0 Å². The Kier molecular flexibility index (Phi) is 4.08. The zero-order valence-corrected chi connectivity index (χ0v) is 10.1. The molecule has 0 saturated carbocycles. The van der Waals surface area contributed by atoms with Crippen molar-refractivity contribution >= 4 is 16.7 Å². The van der Waals surface area contributed by atoms with Crippen LogP contribution in [0.1, 0.15) is 13.3 Å². The van der Waals surface area contributed by atoms with E-state index in [1.807, 2.05) is 30.5 Å². The zero-order chi connectivity index (χ0) is 11.9. The third-order valence-electron chi connectivity index (χ3n) is 2.59. The number of rotatable bonds is 1. The Labute approximate surface area is 102 Å². The number of aromatic nitrogens is 1. The molecule has 1 aromatic heterocycles. The third kappa shape index (κ3) is 3.28. The molecule has 0 bridgehead atoms. The standard InChI is InChI=1S/C9H7N.C5H10N2/c1-2-6-9-8(4-1)5-3-7-10-9;1-2-5-6-3-4-7-5/h1-7H;2-4H2,1H3,(H,6,7). The number of fused-ring (bicyclic) bond motifs is 1. The van der Waals surface area contributed by atoms with Gasteiger partial charge in [-0.3, -0.25) is 9.98 Å². The molecule has 0 spiro atoms. The van der Waals surface area contributed by atoms with Gasteiger partial charge in [-0.2, -0.15) is 0 Å². The van der Waals surface area contributed by atoms with Crippen molar-refractivity contribution in [3.05, 3.63) is 42.6 Å². The van der Waals surface area contributed by atoms with Gasteiger partial charge in [0.15, 0.2) is 0 Å². The summed E-state index contributed by atoms with van der Waals surface area (Å²) in [5.41, 5.74) is 1.06. The molecule has 0 saturated heterocycles. The largest absolute Gasteiger partial charge is 0.372 e. The summed E-state index contributed by atoms with van der Waals surface area (Å²) in [6.07, 6.45) is 2.86. The van der Waals surface area contributed by atoms with Gasteiger partial charge >= 0.3 is 0 Å². The molecule has 0 aliphatic carbocycles. The van der Waals surface area contributed by atoms with Crippen molar-refractivity contribution in [3.8, 4) is 0 Å². The maximum atomic E-state index is 4.18. The lowest BCUT2D eigenvalue weighted by Crippen LogP contribution is -2.16. The van der Waals surface area contributed by atoms with E-state index in [1.54, 1.807) is 0 Å². The second-order valence-electron chi connectivity index (χ2n) is 3.80. The molecule has 1 N–H and O–H groups in total. The van der Waals surface area contributed by atoms with E-state index in [0.717, 1.165) is 25.0 Å². The molecule has 2 aromatic rings. The van der Waals surface area contributed by atoms with Crippen molar-refractivity contribution in [2.45, 2.75) is 13.3 Å². The molecule has 1 aromatic carbocycles. The van der Waals surface area contributed by atoms with E-state index in [1.165, 1.54) is 11.2 Å². The fourth-order valence-electron chi connectivity index (χ4n) is 1.70. The fourth-order valence-corrected chi connectivity index (χ4v) is 1.70. The number of benzene rings is 1. The first-order chi connectivity index (χ1) is 8.40. The number of hydrogen-bond donors (Lipinski definition) is 1. The molecule has 3 nitrogen and oxygen atoms in total. The van der Waals surface area contributed by atoms with Gasteiger partial charge in [0.2, 0.25) is 0 Å². The van der Waals surface area contributed by atoms with E-state index in [9.17, 15) is 0 Å². The molecule has 0 amide bonds. The first-order valence-electron chi connectivity index (χ1n) is 5.97. The summed E-state index contributed by atoms with van der Waals surface area (Å²) in [4.78, 5) is 8.34. The first-order valence-corrected chi connectivity index (χ1v) is 5.97. The molecule has 2 heterocycles.